The Morgan fingerprint density at radius 3 is 2.47 bits per heavy atom. The summed E-state index contributed by atoms with van der Waals surface area (Å²) in [5.41, 5.74) is 5.89. The van der Waals surface area contributed by atoms with Crippen LogP contribution in [-0.2, 0) is 6.54 Å². The van der Waals surface area contributed by atoms with E-state index in [0.717, 1.165) is 0 Å². The van der Waals surface area contributed by atoms with Crippen LogP contribution in [0, 0.1) is 0 Å². The van der Waals surface area contributed by atoms with Gasteiger partial charge in [-0.1, -0.05) is 0 Å². The van der Waals surface area contributed by atoms with Gasteiger partial charge in [-0.3, -0.25) is 0 Å². The average Bonchev–Trinajstić information content (AvgIpc) is 2.81. The fraction of sp³-hybridized carbons (Fsp3) is 0.231. The molecule has 0 spiro atoms. The molecule has 2 rings (SSSR count). The molecular formula is C13H15N3O3. The molecule has 1 aromatic heterocycles. The Balaban J connectivity index is 2.11. The number of nitrogens with zero attached hydrogens (tertiary/aromatic N) is 2. The molecule has 0 bridgehead atoms. The average molecular weight is 261 g/mol. The van der Waals surface area contributed by atoms with Crippen LogP contribution in [0.3, 0.4) is 0 Å². The third kappa shape index (κ3) is 2.85. The fourth-order valence-corrected chi connectivity index (χ4v) is 1.59. The Hall–Kier alpha value is -2.50. The number of hydrogen-bond acceptors (Lipinski definition) is 5. The zero-order valence-electron chi connectivity index (χ0n) is 10.8. The van der Waals surface area contributed by atoms with E-state index in [1.54, 1.807) is 31.4 Å². The van der Waals surface area contributed by atoms with Crippen LogP contribution >= 0.6 is 0 Å². The van der Waals surface area contributed by atoms with Crippen LogP contribution in [0.1, 0.15) is 17.4 Å². The smallest absolute Gasteiger partial charge is 0.364 e. The predicted molar refractivity (Wildman–Crippen MR) is 70.3 cm³/mol. The van der Waals surface area contributed by atoms with E-state index in [0.29, 0.717) is 23.9 Å². The summed E-state index contributed by atoms with van der Waals surface area (Å²) >= 11 is 0. The first-order chi connectivity index (χ1) is 9.13. The Morgan fingerprint density at radius 1 is 1.32 bits per heavy atom. The van der Waals surface area contributed by atoms with Crippen molar-refractivity contribution in [1.29, 1.82) is 0 Å². The minimum absolute atomic E-state index is 0.190. The number of benzene rings is 1. The van der Waals surface area contributed by atoms with Gasteiger partial charge in [-0.2, -0.15) is 5.10 Å². The lowest BCUT2D eigenvalue weighted by atomic mass is 10.3. The zero-order chi connectivity index (χ0) is 13.8. The van der Waals surface area contributed by atoms with Gasteiger partial charge in [0, 0.05) is 12.6 Å². The van der Waals surface area contributed by atoms with Crippen LogP contribution in [0.4, 0.5) is 5.82 Å². The first-order valence-electron chi connectivity index (χ1n) is 5.83. The molecule has 1 heterocycles. The number of rotatable bonds is 4. The molecule has 2 N–H and O–H groups in total. The van der Waals surface area contributed by atoms with Gasteiger partial charge in [-0.05, 0) is 31.2 Å². The second kappa shape index (κ2) is 5.43. The lowest BCUT2D eigenvalue weighted by Crippen LogP contribution is -2.10. The monoisotopic (exact) mass is 261 g/mol. The number of carbonyl (C=O) groups excluding carboxylic acids is 1. The minimum atomic E-state index is -0.538. The number of hydrogen-bond donors (Lipinski definition) is 1. The standard InChI is InChI=1S/C13H15N3O3/c1-3-16-12(14)8-11(15-16)13(17)19-10-6-4-9(18-2)5-7-10/h4-8H,3,14H2,1-2H3. The Labute approximate surface area is 110 Å². The summed E-state index contributed by atoms with van der Waals surface area (Å²) in [4.78, 5) is 11.9. The number of nitrogen functional groups attached to an aromatic ring is 1. The molecule has 1 aromatic carbocycles. The number of methoxy groups -OCH3 is 1. The summed E-state index contributed by atoms with van der Waals surface area (Å²) in [6.07, 6.45) is 0. The molecule has 100 valence electrons. The molecule has 19 heavy (non-hydrogen) atoms. The van der Waals surface area contributed by atoms with E-state index in [9.17, 15) is 4.79 Å². The van der Waals surface area contributed by atoms with E-state index in [1.807, 2.05) is 6.92 Å². The van der Waals surface area contributed by atoms with Gasteiger partial charge in [0.15, 0.2) is 5.69 Å². The molecule has 6 heteroatoms. The van der Waals surface area contributed by atoms with Crippen molar-refractivity contribution in [2.45, 2.75) is 13.5 Å². The minimum Gasteiger partial charge on any atom is -0.497 e. The van der Waals surface area contributed by atoms with Gasteiger partial charge in [0.2, 0.25) is 0 Å². The molecule has 0 aliphatic carbocycles. The highest BCUT2D eigenvalue weighted by Crippen LogP contribution is 2.18. The van der Waals surface area contributed by atoms with Crippen LogP contribution in [0.15, 0.2) is 30.3 Å². The number of aryl methyl sites for hydroxylation is 1. The van der Waals surface area contributed by atoms with Crippen molar-refractivity contribution in [2.24, 2.45) is 0 Å². The van der Waals surface area contributed by atoms with E-state index >= 15 is 0 Å². The predicted octanol–water partition coefficient (Wildman–Crippen LogP) is 1.71. The first-order valence-corrected chi connectivity index (χ1v) is 5.83. The molecule has 0 unspecified atom stereocenters. The summed E-state index contributed by atoms with van der Waals surface area (Å²) in [7, 11) is 1.57. The van der Waals surface area contributed by atoms with Crippen molar-refractivity contribution in [1.82, 2.24) is 9.78 Å². The number of anilines is 1. The van der Waals surface area contributed by atoms with Crippen molar-refractivity contribution < 1.29 is 14.3 Å². The van der Waals surface area contributed by atoms with Crippen molar-refractivity contribution in [3.63, 3.8) is 0 Å². The van der Waals surface area contributed by atoms with Crippen molar-refractivity contribution in [2.75, 3.05) is 12.8 Å². The van der Waals surface area contributed by atoms with E-state index in [4.69, 9.17) is 15.2 Å². The highest BCUT2D eigenvalue weighted by Gasteiger charge is 2.14. The third-order valence-corrected chi connectivity index (χ3v) is 2.59. The highest BCUT2D eigenvalue weighted by molar-refractivity contribution is 5.89. The van der Waals surface area contributed by atoms with Gasteiger partial charge < -0.3 is 15.2 Å². The van der Waals surface area contributed by atoms with Gasteiger partial charge in [-0.15, -0.1) is 0 Å². The zero-order valence-corrected chi connectivity index (χ0v) is 10.8. The number of ether oxygens (including phenoxy) is 2. The molecular weight excluding hydrogens is 246 g/mol. The summed E-state index contributed by atoms with van der Waals surface area (Å²) in [6.45, 7) is 2.49. The summed E-state index contributed by atoms with van der Waals surface area (Å²) < 4.78 is 11.7. The summed E-state index contributed by atoms with van der Waals surface area (Å²) in [5.74, 6) is 1.02. The van der Waals surface area contributed by atoms with Crippen LogP contribution in [0.5, 0.6) is 11.5 Å². The second-order valence-electron chi connectivity index (χ2n) is 3.84. The number of nitrogens with two attached hydrogens (primary N) is 1. The van der Waals surface area contributed by atoms with Crippen molar-refractivity contribution in [3.05, 3.63) is 36.0 Å². The van der Waals surface area contributed by atoms with E-state index in [-0.39, 0.29) is 5.69 Å². The molecule has 0 atom stereocenters. The topological polar surface area (TPSA) is 79.4 Å². The van der Waals surface area contributed by atoms with Crippen molar-refractivity contribution >= 4 is 11.8 Å². The highest BCUT2D eigenvalue weighted by atomic mass is 16.5. The SMILES string of the molecule is CCn1nc(C(=O)Oc2ccc(OC)cc2)cc1N. The number of carbonyl (C=O) groups is 1. The van der Waals surface area contributed by atoms with Gasteiger partial charge in [-0.25, -0.2) is 9.48 Å². The normalized spacial score (nSPS) is 10.2. The van der Waals surface area contributed by atoms with Crippen LogP contribution in [0.25, 0.3) is 0 Å². The van der Waals surface area contributed by atoms with E-state index in [1.165, 1.54) is 10.7 Å². The molecule has 0 fully saturated rings. The number of esters is 1. The lowest BCUT2D eigenvalue weighted by Gasteiger charge is -2.03. The molecule has 0 amide bonds. The molecule has 0 radical (unpaired) electrons. The fourth-order valence-electron chi connectivity index (χ4n) is 1.59. The maximum atomic E-state index is 11.9. The largest absolute Gasteiger partial charge is 0.497 e. The maximum absolute atomic E-state index is 11.9. The Bertz CT molecular complexity index is 575. The number of aromatic nitrogens is 2. The van der Waals surface area contributed by atoms with Crippen LogP contribution in [-0.4, -0.2) is 22.9 Å². The molecule has 0 saturated carbocycles. The molecule has 0 aliphatic heterocycles. The van der Waals surface area contributed by atoms with Crippen LogP contribution < -0.4 is 15.2 Å². The third-order valence-electron chi connectivity index (χ3n) is 2.59. The van der Waals surface area contributed by atoms with Gasteiger partial charge >= 0.3 is 5.97 Å². The Morgan fingerprint density at radius 2 is 1.95 bits per heavy atom. The molecule has 0 aliphatic rings. The molecule has 2 aromatic rings. The van der Waals surface area contributed by atoms with Gasteiger partial charge in [0.25, 0.3) is 0 Å². The van der Waals surface area contributed by atoms with Gasteiger partial charge in [0.05, 0.1) is 7.11 Å². The lowest BCUT2D eigenvalue weighted by molar-refractivity contribution is 0.0727. The van der Waals surface area contributed by atoms with E-state index < -0.39 is 5.97 Å². The molecule has 0 saturated heterocycles. The van der Waals surface area contributed by atoms with Gasteiger partial charge in [0.1, 0.15) is 17.3 Å². The quantitative estimate of drug-likeness (QED) is 0.669. The van der Waals surface area contributed by atoms with Crippen LogP contribution in [0.2, 0.25) is 0 Å². The summed E-state index contributed by atoms with van der Waals surface area (Å²) in [6, 6.07) is 8.21. The second-order valence-corrected chi connectivity index (χ2v) is 3.84. The summed E-state index contributed by atoms with van der Waals surface area (Å²) in [5, 5.41) is 4.05. The van der Waals surface area contributed by atoms with Crippen molar-refractivity contribution in [3.8, 4) is 11.5 Å². The maximum Gasteiger partial charge on any atom is 0.364 e. The first kappa shape index (κ1) is 12.9. The molecule has 6 nitrogen and oxygen atoms in total. The van der Waals surface area contributed by atoms with E-state index in [2.05, 4.69) is 5.10 Å². The Kier molecular flexibility index (Phi) is 3.70.